The van der Waals surface area contributed by atoms with Gasteiger partial charge in [0.05, 0.1) is 6.07 Å². The molecule has 0 radical (unpaired) electrons. The van der Waals surface area contributed by atoms with Crippen LogP contribution in [-0.2, 0) is 0 Å². The lowest BCUT2D eigenvalue weighted by molar-refractivity contribution is 0.473. The summed E-state index contributed by atoms with van der Waals surface area (Å²) in [6.45, 7) is 4.59. The Hall–Kier alpha value is -0.510. The van der Waals surface area contributed by atoms with Crippen molar-refractivity contribution in [2.45, 2.75) is 65.2 Å². The molecule has 1 atom stereocenters. The molecule has 0 rings (SSSR count). The molecule has 0 saturated heterocycles. The third-order valence-corrected chi connectivity index (χ3v) is 2.68. The molecule has 0 aliphatic rings. The second-order valence-corrected chi connectivity index (χ2v) is 3.98. The van der Waals surface area contributed by atoms with Crippen LogP contribution in [0, 0.1) is 17.2 Å². The number of nitriles is 1. The first kappa shape index (κ1) is 12.5. The van der Waals surface area contributed by atoms with Gasteiger partial charge in [-0.05, 0) is 12.3 Å². The van der Waals surface area contributed by atoms with Crippen molar-refractivity contribution in [2.75, 3.05) is 0 Å². The zero-order valence-corrected chi connectivity index (χ0v) is 9.18. The summed E-state index contributed by atoms with van der Waals surface area (Å²) < 4.78 is 0. The Morgan fingerprint density at radius 2 is 1.69 bits per heavy atom. The van der Waals surface area contributed by atoms with E-state index in [9.17, 15) is 0 Å². The van der Waals surface area contributed by atoms with Crippen LogP contribution in [0.1, 0.15) is 65.2 Å². The van der Waals surface area contributed by atoms with Gasteiger partial charge in [0.25, 0.3) is 0 Å². The zero-order chi connectivity index (χ0) is 9.94. The van der Waals surface area contributed by atoms with Crippen LogP contribution in [0.5, 0.6) is 0 Å². The highest BCUT2D eigenvalue weighted by molar-refractivity contribution is 4.67. The van der Waals surface area contributed by atoms with Gasteiger partial charge in [0, 0.05) is 6.42 Å². The molecule has 0 fully saturated rings. The number of nitrogens with zero attached hydrogens (tertiary/aromatic N) is 1. The molecule has 0 heterocycles. The van der Waals surface area contributed by atoms with Crippen molar-refractivity contribution in [1.82, 2.24) is 0 Å². The maximum absolute atomic E-state index is 8.32. The fourth-order valence-corrected chi connectivity index (χ4v) is 1.43. The summed E-state index contributed by atoms with van der Waals surface area (Å²) in [7, 11) is 0. The molecule has 0 aliphatic heterocycles. The maximum Gasteiger partial charge on any atom is 0.0621 e. The quantitative estimate of drug-likeness (QED) is 0.512. The Morgan fingerprint density at radius 3 is 2.31 bits per heavy atom. The predicted octanol–water partition coefficient (Wildman–Crippen LogP) is 4.29. The molecule has 0 aliphatic carbocycles. The first-order valence-corrected chi connectivity index (χ1v) is 5.68. The Bertz CT molecular complexity index is 135. The lowest BCUT2D eigenvalue weighted by Gasteiger charge is -2.06. The summed E-state index contributed by atoms with van der Waals surface area (Å²) in [5.41, 5.74) is 0. The highest BCUT2D eigenvalue weighted by atomic mass is 14.2. The standard InChI is InChI=1S/C12H23N/c1-3-12(2)10-8-6-4-5-7-9-11-13/h12H,3-10H2,1-2H3/t12-/m1/s1. The van der Waals surface area contributed by atoms with Gasteiger partial charge < -0.3 is 0 Å². The normalized spacial score (nSPS) is 12.4. The lowest BCUT2D eigenvalue weighted by Crippen LogP contribution is -1.91. The van der Waals surface area contributed by atoms with Crippen LogP contribution in [0.3, 0.4) is 0 Å². The molecule has 0 N–H and O–H groups in total. The van der Waals surface area contributed by atoms with Crippen molar-refractivity contribution < 1.29 is 0 Å². The van der Waals surface area contributed by atoms with Crippen LogP contribution in [0.15, 0.2) is 0 Å². The Labute approximate surface area is 83.1 Å². The highest BCUT2D eigenvalue weighted by Crippen LogP contribution is 2.13. The molecule has 0 bridgehead atoms. The topological polar surface area (TPSA) is 23.8 Å². The fourth-order valence-electron chi connectivity index (χ4n) is 1.43. The largest absolute Gasteiger partial charge is 0.198 e. The maximum atomic E-state index is 8.32. The van der Waals surface area contributed by atoms with Gasteiger partial charge in [-0.25, -0.2) is 0 Å². The van der Waals surface area contributed by atoms with Crippen LogP contribution in [0.25, 0.3) is 0 Å². The van der Waals surface area contributed by atoms with Crippen molar-refractivity contribution in [3.8, 4) is 6.07 Å². The van der Waals surface area contributed by atoms with E-state index in [0.717, 1.165) is 18.8 Å². The van der Waals surface area contributed by atoms with E-state index in [1.54, 1.807) is 0 Å². The number of hydrogen-bond donors (Lipinski definition) is 0. The van der Waals surface area contributed by atoms with Gasteiger partial charge >= 0.3 is 0 Å². The van der Waals surface area contributed by atoms with Gasteiger partial charge in [0.1, 0.15) is 0 Å². The summed E-state index contributed by atoms with van der Waals surface area (Å²) in [4.78, 5) is 0. The average Bonchev–Trinajstić information content (AvgIpc) is 2.16. The van der Waals surface area contributed by atoms with Crippen molar-refractivity contribution in [2.24, 2.45) is 5.92 Å². The molecular weight excluding hydrogens is 158 g/mol. The molecule has 0 amide bonds. The van der Waals surface area contributed by atoms with E-state index in [2.05, 4.69) is 19.9 Å². The van der Waals surface area contributed by atoms with Crippen LogP contribution < -0.4 is 0 Å². The zero-order valence-electron chi connectivity index (χ0n) is 9.18. The molecule has 0 spiro atoms. The number of unbranched alkanes of at least 4 members (excludes halogenated alkanes) is 5. The van der Waals surface area contributed by atoms with Crippen molar-refractivity contribution in [1.29, 1.82) is 5.26 Å². The number of rotatable bonds is 8. The van der Waals surface area contributed by atoms with E-state index < -0.39 is 0 Å². The van der Waals surface area contributed by atoms with Gasteiger partial charge in [-0.3, -0.25) is 0 Å². The minimum Gasteiger partial charge on any atom is -0.198 e. The van der Waals surface area contributed by atoms with E-state index >= 15 is 0 Å². The predicted molar refractivity (Wildman–Crippen MR) is 57.4 cm³/mol. The highest BCUT2D eigenvalue weighted by Gasteiger charge is 1.97. The molecule has 1 heteroatoms. The Balaban J connectivity index is 2.96. The number of hydrogen-bond acceptors (Lipinski definition) is 1. The lowest BCUT2D eigenvalue weighted by atomic mass is 10.00. The summed E-state index contributed by atoms with van der Waals surface area (Å²) in [6.07, 6.45) is 9.83. The first-order valence-electron chi connectivity index (χ1n) is 5.68. The van der Waals surface area contributed by atoms with Crippen LogP contribution >= 0.6 is 0 Å². The summed E-state index contributed by atoms with van der Waals surface area (Å²) in [5, 5.41) is 8.32. The Morgan fingerprint density at radius 1 is 1.08 bits per heavy atom. The molecule has 0 aromatic rings. The molecule has 13 heavy (non-hydrogen) atoms. The van der Waals surface area contributed by atoms with E-state index in [1.165, 1.54) is 38.5 Å². The smallest absolute Gasteiger partial charge is 0.0621 e. The van der Waals surface area contributed by atoms with E-state index in [1.807, 2.05) is 0 Å². The van der Waals surface area contributed by atoms with E-state index in [-0.39, 0.29) is 0 Å². The summed E-state index contributed by atoms with van der Waals surface area (Å²) in [6, 6.07) is 2.19. The molecule has 76 valence electrons. The van der Waals surface area contributed by atoms with Crippen molar-refractivity contribution in [3.05, 3.63) is 0 Å². The minimum absolute atomic E-state index is 0.741. The first-order chi connectivity index (χ1) is 6.31. The van der Waals surface area contributed by atoms with Crippen molar-refractivity contribution >= 4 is 0 Å². The molecule has 0 aromatic heterocycles. The third-order valence-electron chi connectivity index (χ3n) is 2.68. The van der Waals surface area contributed by atoms with Crippen molar-refractivity contribution in [3.63, 3.8) is 0 Å². The van der Waals surface area contributed by atoms with Gasteiger partial charge in [-0.15, -0.1) is 0 Å². The SMILES string of the molecule is CC[C@@H](C)CCCCCCCC#N. The van der Waals surface area contributed by atoms with E-state index in [0.29, 0.717) is 0 Å². The van der Waals surface area contributed by atoms with Gasteiger partial charge in [0.2, 0.25) is 0 Å². The molecule has 0 unspecified atom stereocenters. The average molecular weight is 181 g/mol. The van der Waals surface area contributed by atoms with E-state index in [4.69, 9.17) is 5.26 Å². The van der Waals surface area contributed by atoms with Crippen LogP contribution in [0.2, 0.25) is 0 Å². The minimum atomic E-state index is 0.741. The molecule has 0 saturated carbocycles. The van der Waals surface area contributed by atoms with Gasteiger partial charge in [-0.1, -0.05) is 52.4 Å². The van der Waals surface area contributed by atoms with Gasteiger partial charge in [0.15, 0.2) is 0 Å². The fraction of sp³-hybridized carbons (Fsp3) is 0.917. The summed E-state index contributed by atoms with van der Waals surface area (Å²) >= 11 is 0. The molecule has 0 aromatic carbocycles. The second kappa shape index (κ2) is 9.58. The second-order valence-electron chi connectivity index (χ2n) is 3.98. The van der Waals surface area contributed by atoms with Crippen LogP contribution in [0.4, 0.5) is 0 Å². The third kappa shape index (κ3) is 9.40. The Kier molecular flexibility index (Phi) is 9.20. The van der Waals surface area contributed by atoms with Crippen LogP contribution in [-0.4, -0.2) is 0 Å². The molecule has 1 nitrogen and oxygen atoms in total. The van der Waals surface area contributed by atoms with Gasteiger partial charge in [-0.2, -0.15) is 5.26 Å². The molecular formula is C12H23N. The monoisotopic (exact) mass is 181 g/mol. The summed E-state index contributed by atoms with van der Waals surface area (Å²) in [5.74, 6) is 0.902.